The number of ether oxygens (including phenoxy) is 1. The molecule has 0 spiro atoms. The summed E-state index contributed by atoms with van der Waals surface area (Å²) < 4.78 is 4.59. The van der Waals surface area contributed by atoms with E-state index in [4.69, 9.17) is 0 Å². The number of carbonyl (C=O) groups is 2. The summed E-state index contributed by atoms with van der Waals surface area (Å²) in [4.78, 5) is 26.4. The van der Waals surface area contributed by atoms with Crippen LogP contribution in [0.3, 0.4) is 0 Å². The predicted octanol–water partition coefficient (Wildman–Crippen LogP) is 1.32. The number of nitrogens with one attached hydrogen (secondary N) is 1. The molecule has 0 aromatic heterocycles. The van der Waals surface area contributed by atoms with E-state index in [2.05, 4.69) is 15.0 Å². The first-order valence-corrected chi connectivity index (χ1v) is 5.87. The Morgan fingerprint density at radius 1 is 1.41 bits per heavy atom. The average molecular weight is 250 g/mol. The minimum absolute atomic E-state index is 0.0417. The molecule has 88 valence electrons. The third-order valence-electron chi connectivity index (χ3n) is 2.11. The predicted molar refractivity (Wildman–Crippen MR) is 65.5 cm³/mol. The number of amides is 1. The first-order chi connectivity index (χ1) is 8.19. The quantitative estimate of drug-likeness (QED) is 0.804. The van der Waals surface area contributed by atoms with Crippen LogP contribution in [0.4, 0.5) is 5.69 Å². The van der Waals surface area contributed by atoms with Crippen LogP contribution in [-0.4, -0.2) is 29.9 Å². The van der Waals surface area contributed by atoms with Gasteiger partial charge in [-0.25, -0.2) is 9.79 Å². The SMILES string of the molecule is COC(=O)c1ccc(N=C2NC(=O)CS2)cc1. The lowest BCUT2D eigenvalue weighted by Crippen LogP contribution is -2.19. The normalized spacial score (nSPS) is 17.0. The Bertz CT molecular complexity index is 482. The fourth-order valence-electron chi connectivity index (χ4n) is 1.29. The molecule has 1 saturated heterocycles. The minimum Gasteiger partial charge on any atom is -0.465 e. The van der Waals surface area contributed by atoms with Gasteiger partial charge < -0.3 is 10.1 Å². The van der Waals surface area contributed by atoms with E-state index in [9.17, 15) is 9.59 Å². The van der Waals surface area contributed by atoms with Crippen molar-refractivity contribution < 1.29 is 14.3 Å². The molecule has 1 aliphatic rings. The van der Waals surface area contributed by atoms with Crippen molar-refractivity contribution in [2.75, 3.05) is 12.9 Å². The zero-order chi connectivity index (χ0) is 12.3. The molecular formula is C11H10N2O3S. The average Bonchev–Trinajstić information content (AvgIpc) is 2.75. The molecular weight excluding hydrogens is 240 g/mol. The van der Waals surface area contributed by atoms with E-state index in [1.54, 1.807) is 24.3 Å². The van der Waals surface area contributed by atoms with E-state index >= 15 is 0 Å². The maximum atomic E-state index is 11.2. The summed E-state index contributed by atoms with van der Waals surface area (Å²) in [5, 5.41) is 3.22. The summed E-state index contributed by atoms with van der Waals surface area (Å²) >= 11 is 1.36. The maximum absolute atomic E-state index is 11.2. The van der Waals surface area contributed by atoms with Crippen LogP contribution in [0.25, 0.3) is 0 Å². The number of carbonyl (C=O) groups excluding carboxylic acids is 2. The molecule has 0 radical (unpaired) electrons. The Balaban J connectivity index is 2.13. The van der Waals surface area contributed by atoms with Crippen molar-refractivity contribution >= 4 is 34.5 Å². The van der Waals surface area contributed by atoms with E-state index in [0.29, 0.717) is 22.2 Å². The number of rotatable bonds is 2. The Hall–Kier alpha value is -1.82. The number of benzene rings is 1. The first-order valence-electron chi connectivity index (χ1n) is 4.89. The molecule has 0 saturated carbocycles. The highest BCUT2D eigenvalue weighted by molar-refractivity contribution is 8.15. The van der Waals surface area contributed by atoms with Crippen LogP contribution >= 0.6 is 11.8 Å². The van der Waals surface area contributed by atoms with Gasteiger partial charge in [-0.2, -0.15) is 0 Å². The Kier molecular flexibility index (Phi) is 3.43. The topological polar surface area (TPSA) is 67.8 Å². The molecule has 6 heteroatoms. The lowest BCUT2D eigenvalue weighted by molar-refractivity contribution is -0.116. The van der Waals surface area contributed by atoms with Gasteiger partial charge >= 0.3 is 5.97 Å². The minimum atomic E-state index is -0.382. The monoisotopic (exact) mass is 250 g/mol. The highest BCUT2D eigenvalue weighted by atomic mass is 32.2. The maximum Gasteiger partial charge on any atom is 0.337 e. The van der Waals surface area contributed by atoms with Gasteiger partial charge in [0.2, 0.25) is 5.91 Å². The van der Waals surface area contributed by atoms with Crippen molar-refractivity contribution in [3.05, 3.63) is 29.8 Å². The summed E-state index contributed by atoms with van der Waals surface area (Å²) in [6, 6.07) is 6.66. The van der Waals surface area contributed by atoms with E-state index < -0.39 is 0 Å². The number of aliphatic imine (C=N–C) groups is 1. The van der Waals surface area contributed by atoms with Crippen LogP contribution in [0.2, 0.25) is 0 Å². The smallest absolute Gasteiger partial charge is 0.337 e. The largest absolute Gasteiger partial charge is 0.465 e. The third-order valence-corrected chi connectivity index (χ3v) is 2.98. The number of hydrogen-bond donors (Lipinski definition) is 1. The number of amidine groups is 1. The molecule has 5 nitrogen and oxygen atoms in total. The van der Waals surface area contributed by atoms with Crippen LogP contribution in [0.5, 0.6) is 0 Å². The standard InChI is InChI=1S/C11H10N2O3S/c1-16-10(15)7-2-4-8(5-3-7)12-11-13-9(14)6-17-11/h2-5H,6H2,1H3,(H,12,13,14). The number of thioether (sulfide) groups is 1. The van der Waals surface area contributed by atoms with Gasteiger partial charge in [0, 0.05) is 0 Å². The van der Waals surface area contributed by atoms with Crippen molar-refractivity contribution in [1.29, 1.82) is 0 Å². The zero-order valence-electron chi connectivity index (χ0n) is 9.10. The number of esters is 1. The van der Waals surface area contributed by atoms with Gasteiger partial charge in [-0.05, 0) is 24.3 Å². The van der Waals surface area contributed by atoms with Crippen molar-refractivity contribution in [1.82, 2.24) is 5.32 Å². The fraction of sp³-hybridized carbons (Fsp3) is 0.182. The van der Waals surface area contributed by atoms with Crippen molar-refractivity contribution in [3.8, 4) is 0 Å². The molecule has 0 atom stereocenters. The van der Waals surface area contributed by atoms with Crippen molar-refractivity contribution in [2.45, 2.75) is 0 Å². The second-order valence-electron chi connectivity index (χ2n) is 3.29. The second-order valence-corrected chi connectivity index (χ2v) is 4.26. The molecule has 1 N–H and O–H groups in total. The first kappa shape index (κ1) is 11.7. The Morgan fingerprint density at radius 3 is 2.65 bits per heavy atom. The zero-order valence-corrected chi connectivity index (χ0v) is 9.91. The molecule has 1 aliphatic heterocycles. The number of methoxy groups -OCH3 is 1. The summed E-state index contributed by atoms with van der Waals surface area (Å²) in [6.07, 6.45) is 0. The molecule has 1 aromatic carbocycles. The van der Waals surface area contributed by atoms with Crippen molar-refractivity contribution in [3.63, 3.8) is 0 Å². The second kappa shape index (κ2) is 5.01. The lowest BCUT2D eigenvalue weighted by atomic mass is 10.2. The van der Waals surface area contributed by atoms with E-state index in [1.807, 2.05) is 0 Å². The molecule has 0 bridgehead atoms. The third kappa shape index (κ3) is 2.85. The van der Waals surface area contributed by atoms with Crippen molar-refractivity contribution in [2.24, 2.45) is 4.99 Å². The van der Waals surface area contributed by atoms with Gasteiger partial charge in [-0.3, -0.25) is 4.79 Å². The molecule has 2 rings (SSSR count). The summed E-state index contributed by atoms with van der Waals surface area (Å²) in [7, 11) is 1.33. The Morgan fingerprint density at radius 2 is 2.12 bits per heavy atom. The van der Waals surface area contributed by atoms with Crippen LogP contribution in [0.1, 0.15) is 10.4 Å². The molecule has 1 fully saturated rings. The van der Waals surface area contributed by atoms with Gasteiger partial charge in [0.15, 0.2) is 5.17 Å². The Labute approximate surface area is 102 Å². The van der Waals surface area contributed by atoms with Gasteiger partial charge in [0.05, 0.1) is 24.1 Å². The van der Waals surface area contributed by atoms with Crippen LogP contribution in [0, 0.1) is 0 Å². The molecule has 1 heterocycles. The molecule has 1 aromatic rings. The summed E-state index contributed by atoms with van der Waals surface area (Å²) in [6.45, 7) is 0. The van der Waals surface area contributed by atoms with Gasteiger partial charge in [0.1, 0.15) is 0 Å². The van der Waals surface area contributed by atoms with E-state index in [-0.39, 0.29) is 11.9 Å². The molecule has 0 aliphatic carbocycles. The fourth-order valence-corrected chi connectivity index (χ4v) is 1.99. The summed E-state index contributed by atoms with van der Waals surface area (Å²) in [5.74, 6) is -0.0216. The van der Waals surface area contributed by atoms with Gasteiger partial charge in [0.25, 0.3) is 0 Å². The highest BCUT2D eigenvalue weighted by Gasteiger charge is 2.16. The lowest BCUT2D eigenvalue weighted by Gasteiger charge is -2.00. The van der Waals surface area contributed by atoms with E-state index in [1.165, 1.54) is 18.9 Å². The highest BCUT2D eigenvalue weighted by Crippen LogP contribution is 2.18. The molecule has 17 heavy (non-hydrogen) atoms. The van der Waals surface area contributed by atoms with Gasteiger partial charge in [-0.1, -0.05) is 11.8 Å². The summed E-state index contributed by atoms with van der Waals surface area (Å²) in [5.41, 5.74) is 1.15. The molecule has 0 unspecified atom stereocenters. The van der Waals surface area contributed by atoms with Crippen LogP contribution in [0.15, 0.2) is 29.3 Å². The number of hydrogen-bond acceptors (Lipinski definition) is 5. The van der Waals surface area contributed by atoms with Crippen LogP contribution < -0.4 is 5.32 Å². The molecule has 1 amide bonds. The van der Waals surface area contributed by atoms with E-state index in [0.717, 1.165) is 0 Å². The van der Waals surface area contributed by atoms with Crippen LogP contribution in [-0.2, 0) is 9.53 Å². The number of nitrogens with zero attached hydrogens (tertiary/aromatic N) is 1. The van der Waals surface area contributed by atoms with Gasteiger partial charge in [-0.15, -0.1) is 0 Å².